The molecule has 3 aromatic rings. The van der Waals surface area contributed by atoms with E-state index < -0.39 is 18.2 Å². The highest BCUT2D eigenvalue weighted by Crippen LogP contribution is 2.37. The lowest BCUT2D eigenvalue weighted by molar-refractivity contribution is -0.274. The Morgan fingerprint density at radius 1 is 0.897 bits per heavy atom. The van der Waals surface area contributed by atoms with Gasteiger partial charge in [-0.1, -0.05) is 56.3 Å². The van der Waals surface area contributed by atoms with Crippen molar-refractivity contribution >= 4 is 17.6 Å². The fourth-order valence-corrected chi connectivity index (χ4v) is 4.15. The minimum Gasteiger partial charge on any atom is -0.490 e. The zero-order chi connectivity index (χ0) is 28.4. The minimum atomic E-state index is -4.82. The molecule has 0 aromatic heterocycles. The van der Waals surface area contributed by atoms with E-state index in [0.717, 1.165) is 25.5 Å². The molecule has 0 atom stereocenters. The number of amides is 1. The molecule has 0 spiro atoms. The fourth-order valence-electron chi connectivity index (χ4n) is 4.15. The Morgan fingerprint density at radius 2 is 1.54 bits per heavy atom. The lowest BCUT2D eigenvalue weighted by Crippen LogP contribution is -2.38. The normalized spacial score (nSPS) is 11.3. The third-order valence-corrected chi connectivity index (χ3v) is 6.17. The Bertz CT molecular complexity index is 1230. The second-order valence-electron chi connectivity index (χ2n) is 8.85. The molecule has 0 unspecified atom stereocenters. The fraction of sp³-hybridized carbons (Fsp3) is 0.333. The first kappa shape index (κ1) is 29.5. The van der Waals surface area contributed by atoms with Gasteiger partial charge in [0.1, 0.15) is 11.5 Å². The molecule has 9 heteroatoms. The van der Waals surface area contributed by atoms with Gasteiger partial charge in [0.15, 0.2) is 0 Å². The molecule has 0 aliphatic rings. The summed E-state index contributed by atoms with van der Waals surface area (Å²) in [5, 5.41) is 0. The van der Waals surface area contributed by atoms with Crippen molar-refractivity contribution in [2.75, 3.05) is 18.6 Å². The van der Waals surface area contributed by atoms with Crippen LogP contribution in [0.15, 0.2) is 72.8 Å². The van der Waals surface area contributed by atoms with Crippen LogP contribution >= 0.6 is 0 Å². The number of methoxy groups -OCH3 is 1. The molecule has 208 valence electrons. The molecule has 39 heavy (non-hydrogen) atoms. The molecule has 0 saturated carbocycles. The molecule has 6 nitrogen and oxygen atoms in total. The van der Waals surface area contributed by atoms with Crippen LogP contribution in [-0.4, -0.2) is 38.0 Å². The molecule has 0 aliphatic carbocycles. The standard InChI is InChI=1S/C30H32F3NO5/c1-4-23(5-2)38-25-17-18-27(26(20-25)22-13-15-24(16-14-22)39-30(31,32)33)34(28(35)29(36)37-3)19-9-12-21-10-7-6-8-11-21/h6-8,10-11,13-18,20,23H,4-5,9,12,19H2,1-3H3. The topological polar surface area (TPSA) is 65.1 Å². The van der Waals surface area contributed by atoms with Gasteiger partial charge in [-0.3, -0.25) is 4.79 Å². The van der Waals surface area contributed by atoms with Crippen LogP contribution in [0, 0.1) is 0 Å². The van der Waals surface area contributed by atoms with Crippen LogP contribution in [0.1, 0.15) is 38.7 Å². The number of hydrogen-bond acceptors (Lipinski definition) is 5. The molecule has 3 aromatic carbocycles. The van der Waals surface area contributed by atoms with E-state index in [-0.39, 0.29) is 18.4 Å². The van der Waals surface area contributed by atoms with Crippen LogP contribution < -0.4 is 14.4 Å². The SMILES string of the molecule is CCC(CC)Oc1ccc(N(CCCc2ccccc2)C(=O)C(=O)OC)c(-c2ccc(OC(F)(F)F)cc2)c1. The van der Waals surface area contributed by atoms with Crippen molar-refractivity contribution in [2.45, 2.75) is 52.0 Å². The maximum atomic E-state index is 13.1. The lowest BCUT2D eigenvalue weighted by Gasteiger charge is -2.26. The zero-order valence-electron chi connectivity index (χ0n) is 22.2. The molecule has 0 fully saturated rings. The first-order valence-corrected chi connectivity index (χ1v) is 12.8. The number of nitrogens with zero attached hydrogens (tertiary/aromatic N) is 1. The van der Waals surface area contributed by atoms with Crippen LogP contribution in [0.4, 0.5) is 18.9 Å². The van der Waals surface area contributed by atoms with Crippen LogP contribution in [-0.2, 0) is 20.7 Å². The Morgan fingerprint density at radius 3 is 2.13 bits per heavy atom. The number of rotatable bonds is 11. The molecular formula is C30H32F3NO5. The Hall–Kier alpha value is -4.01. The van der Waals surface area contributed by atoms with Crippen LogP contribution in [0.3, 0.4) is 0 Å². The summed E-state index contributed by atoms with van der Waals surface area (Å²) in [5.41, 5.74) is 2.51. The molecular weight excluding hydrogens is 511 g/mol. The molecule has 0 saturated heterocycles. The number of esters is 1. The largest absolute Gasteiger partial charge is 0.573 e. The van der Waals surface area contributed by atoms with Crippen molar-refractivity contribution in [3.05, 3.63) is 78.4 Å². The summed E-state index contributed by atoms with van der Waals surface area (Å²) in [5.74, 6) is -1.71. The van der Waals surface area contributed by atoms with Gasteiger partial charge < -0.3 is 19.1 Å². The van der Waals surface area contributed by atoms with Crippen molar-refractivity contribution in [3.8, 4) is 22.6 Å². The quantitative estimate of drug-likeness (QED) is 0.193. The Balaban J connectivity index is 2.02. The Labute approximate surface area is 226 Å². The highest BCUT2D eigenvalue weighted by atomic mass is 19.4. The third kappa shape index (κ3) is 8.49. The first-order valence-electron chi connectivity index (χ1n) is 12.8. The van der Waals surface area contributed by atoms with E-state index in [2.05, 4.69) is 4.74 Å². The number of aryl methyl sites for hydroxylation is 1. The van der Waals surface area contributed by atoms with Gasteiger partial charge in [-0.05, 0) is 67.1 Å². The summed E-state index contributed by atoms with van der Waals surface area (Å²) < 4.78 is 52.9. The number of benzene rings is 3. The number of ether oxygens (including phenoxy) is 3. The van der Waals surface area contributed by atoms with Crippen LogP contribution in [0.5, 0.6) is 11.5 Å². The van der Waals surface area contributed by atoms with Gasteiger partial charge in [-0.15, -0.1) is 13.2 Å². The predicted molar refractivity (Wildman–Crippen MR) is 143 cm³/mol. The van der Waals surface area contributed by atoms with E-state index in [1.165, 1.54) is 29.2 Å². The summed E-state index contributed by atoms with van der Waals surface area (Å²) in [6, 6.07) is 20.2. The Kier molecular flexibility index (Phi) is 10.4. The summed E-state index contributed by atoms with van der Waals surface area (Å²) in [6.45, 7) is 4.22. The average molecular weight is 544 g/mol. The van der Waals surface area contributed by atoms with E-state index >= 15 is 0 Å². The summed E-state index contributed by atoms with van der Waals surface area (Å²) in [4.78, 5) is 26.8. The van der Waals surface area contributed by atoms with Gasteiger partial charge in [0.05, 0.1) is 18.9 Å². The third-order valence-electron chi connectivity index (χ3n) is 6.17. The highest BCUT2D eigenvalue weighted by Gasteiger charge is 2.31. The number of halogens is 3. The molecule has 0 N–H and O–H groups in total. The van der Waals surface area contributed by atoms with Gasteiger partial charge >= 0.3 is 18.2 Å². The molecule has 3 rings (SSSR count). The maximum Gasteiger partial charge on any atom is 0.573 e. The van der Waals surface area contributed by atoms with E-state index in [0.29, 0.717) is 35.4 Å². The van der Waals surface area contributed by atoms with Crippen LogP contribution in [0.2, 0.25) is 0 Å². The van der Waals surface area contributed by atoms with E-state index in [1.54, 1.807) is 18.2 Å². The van der Waals surface area contributed by atoms with Gasteiger partial charge in [0, 0.05) is 12.1 Å². The predicted octanol–water partition coefficient (Wildman–Crippen LogP) is 6.96. The minimum absolute atomic E-state index is 0.0371. The summed E-state index contributed by atoms with van der Waals surface area (Å²) in [6.07, 6.45) is -2.08. The highest BCUT2D eigenvalue weighted by molar-refractivity contribution is 6.38. The van der Waals surface area contributed by atoms with Crippen molar-refractivity contribution < 1.29 is 37.0 Å². The smallest absolute Gasteiger partial charge is 0.490 e. The molecule has 0 radical (unpaired) electrons. The first-order chi connectivity index (χ1) is 18.6. The van der Waals surface area contributed by atoms with Crippen molar-refractivity contribution in [1.29, 1.82) is 0 Å². The average Bonchev–Trinajstić information content (AvgIpc) is 2.93. The van der Waals surface area contributed by atoms with Crippen molar-refractivity contribution in [1.82, 2.24) is 0 Å². The van der Waals surface area contributed by atoms with Crippen molar-refractivity contribution in [2.24, 2.45) is 0 Å². The molecule has 0 bridgehead atoms. The maximum absolute atomic E-state index is 13.1. The second-order valence-corrected chi connectivity index (χ2v) is 8.85. The van der Waals surface area contributed by atoms with Crippen molar-refractivity contribution in [3.63, 3.8) is 0 Å². The summed E-state index contributed by atoms with van der Waals surface area (Å²) in [7, 11) is 1.13. The number of hydrogen-bond donors (Lipinski definition) is 0. The molecule has 0 heterocycles. The summed E-state index contributed by atoms with van der Waals surface area (Å²) >= 11 is 0. The van der Waals surface area contributed by atoms with Crippen LogP contribution in [0.25, 0.3) is 11.1 Å². The van der Waals surface area contributed by atoms with Gasteiger partial charge in [0.2, 0.25) is 0 Å². The second kappa shape index (κ2) is 13.7. The monoisotopic (exact) mass is 543 g/mol. The van der Waals surface area contributed by atoms with Gasteiger partial charge in [0.25, 0.3) is 0 Å². The van der Waals surface area contributed by atoms with Gasteiger partial charge in [-0.2, -0.15) is 0 Å². The van der Waals surface area contributed by atoms with Gasteiger partial charge in [-0.25, -0.2) is 4.79 Å². The number of carbonyl (C=O) groups excluding carboxylic acids is 2. The van der Waals surface area contributed by atoms with E-state index in [1.807, 2.05) is 44.2 Å². The zero-order valence-corrected chi connectivity index (χ0v) is 22.2. The number of alkyl halides is 3. The van der Waals surface area contributed by atoms with E-state index in [4.69, 9.17) is 9.47 Å². The molecule has 0 aliphatic heterocycles. The molecule has 1 amide bonds. The number of anilines is 1. The van der Waals surface area contributed by atoms with E-state index in [9.17, 15) is 22.8 Å². The number of carbonyl (C=O) groups is 2. The lowest BCUT2D eigenvalue weighted by atomic mass is 10.0.